The Hall–Kier alpha value is -1.37. The molecular formula is C12H14FNO. The maximum atomic E-state index is 13.2. The van der Waals surface area contributed by atoms with E-state index in [0.717, 1.165) is 0 Å². The number of rotatable bonds is 5. The average molecular weight is 207 g/mol. The van der Waals surface area contributed by atoms with E-state index in [9.17, 15) is 9.50 Å². The highest BCUT2D eigenvalue weighted by molar-refractivity contribution is 5.19. The molecule has 0 radical (unpaired) electrons. The topological polar surface area (TPSA) is 32.3 Å². The number of benzene rings is 1. The van der Waals surface area contributed by atoms with E-state index in [1.54, 1.807) is 18.2 Å². The molecule has 1 rings (SSSR count). The van der Waals surface area contributed by atoms with Crippen LogP contribution in [0.5, 0.6) is 0 Å². The third kappa shape index (κ3) is 3.70. The van der Waals surface area contributed by atoms with E-state index in [4.69, 9.17) is 6.42 Å². The zero-order valence-corrected chi connectivity index (χ0v) is 8.41. The molecule has 0 fully saturated rings. The van der Waals surface area contributed by atoms with Crippen LogP contribution in [0.15, 0.2) is 24.3 Å². The Balaban J connectivity index is 2.44. The number of terminal acetylenes is 1. The van der Waals surface area contributed by atoms with Gasteiger partial charge in [-0.15, -0.1) is 12.3 Å². The van der Waals surface area contributed by atoms with Crippen LogP contribution >= 0.6 is 0 Å². The molecule has 0 aromatic heterocycles. The molecule has 0 saturated heterocycles. The summed E-state index contributed by atoms with van der Waals surface area (Å²) in [6, 6.07) is 6.20. The van der Waals surface area contributed by atoms with Crippen LogP contribution in [0.4, 0.5) is 4.39 Å². The van der Waals surface area contributed by atoms with E-state index in [2.05, 4.69) is 11.2 Å². The molecule has 0 saturated carbocycles. The van der Waals surface area contributed by atoms with Gasteiger partial charge in [0.25, 0.3) is 0 Å². The summed E-state index contributed by atoms with van der Waals surface area (Å²) < 4.78 is 13.2. The van der Waals surface area contributed by atoms with Crippen molar-refractivity contribution in [1.29, 1.82) is 0 Å². The van der Waals surface area contributed by atoms with E-state index in [1.165, 1.54) is 6.07 Å². The Labute approximate surface area is 89.1 Å². The van der Waals surface area contributed by atoms with Crippen LogP contribution in [-0.4, -0.2) is 18.2 Å². The Kier molecular flexibility index (Phi) is 4.82. The maximum absolute atomic E-state index is 13.2. The van der Waals surface area contributed by atoms with E-state index < -0.39 is 6.10 Å². The Morgan fingerprint density at radius 2 is 2.20 bits per heavy atom. The molecule has 1 unspecified atom stereocenters. The zero-order valence-electron chi connectivity index (χ0n) is 8.41. The molecule has 80 valence electrons. The van der Waals surface area contributed by atoms with Crippen molar-refractivity contribution in [1.82, 2.24) is 5.32 Å². The second kappa shape index (κ2) is 6.18. The fourth-order valence-corrected chi connectivity index (χ4v) is 1.25. The highest BCUT2D eigenvalue weighted by atomic mass is 19.1. The summed E-state index contributed by atoms with van der Waals surface area (Å²) >= 11 is 0. The summed E-state index contributed by atoms with van der Waals surface area (Å²) in [5, 5.41) is 12.6. The molecule has 0 aliphatic carbocycles. The van der Waals surface area contributed by atoms with Gasteiger partial charge in [0.1, 0.15) is 5.82 Å². The van der Waals surface area contributed by atoms with Gasteiger partial charge in [-0.25, -0.2) is 4.39 Å². The SMILES string of the molecule is C#CCCNCC(O)c1ccccc1F. The third-order valence-electron chi connectivity index (χ3n) is 2.05. The molecule has 0 aliphatic rings. The number of nitrogens with one attached hydrogen (secondary N) is 1. The quantitative estimate of drug-likeness (QED) is 0.566. The predicted molar refractivity (Wildman–Crippen MR) is 57.7 cm³/mol. The van der Waals surface area contributed by atoms with Crippen LogP contribution in [0.25, 0.3) is 0 Å². The van der Waals surface area contributed by atoms with Crippen molar-refractivity contribution in [2.24, 2.45) is 0 Å². The molecule has 3 heteroatoms. The molecule has 0 spiro atoms. The lowest BCUT2D eigenvalue weighted by atomic mass is 10.1. The van der Waals surface area contributed by atoms with Gasteiger partial charge in [0, 0.05) is 25.1 Å². The molecule has 0 amide bonds. The normalized spacial score (nSPS) is 12.1. The predicted octanol–water partition coefficient (Wildman–Crippen LogP) is 1.47. The molecule has 2 nitrogen and oxygen atoms in total. The minimum Gasteiger partial charge on any atom is -0.387 e. The van der Waals surface area contributed by atoms with E-state index in [0.29, 0.717) is 25.1 Å². The highest BCUT2D eigenvalue weighted by Gasteiger charge is 2.10. The summed E-state index contributed by atoms with van der Waals surface area (Å²) in [4.78, 5) is 0. The summed E-state index contributed by atoms with van der Waals surface area (Å²) in [5.41, 5.74) is 0.311. The monoisotopic (exact) mass is 207 g/mol. The van der Waals surface area contributed by atoms with Crippen molar-refractivity contribution in [2.45, 2.75) is 12.5 Å². The minimum absolute atomic E-state index is 0.308. The first-order chi connectivity index (χ1) is 7.25. The van der Waals surface area contributed by atoms with Crippen LogP contribution in [0.2, 0.25) is 0 Å². The van der Waals surface area contributed by atoms with Crippen molar-refractivity contribution in [2.75, 3.05) is 13.1 Å². The second-order valence-corrected chi connectivity index (χ2v) is 3.20. The van der Waals surface area contributed by atoms with Crippen LogP contribution in [0, 0.1) is 18.2 Å². The van der Waals surface area contributed by atoms with Crippen LogP contribution in [0.1, 0.15) is 18.1 Å². The van der Waals surface area contributed by atoms with Gasteiger partial charge in [-0.2, -0.15) is 0 Å². The molecule has 1 aromatic rings. The Morgan fingerprint density at radius 3 is 2.87 bits per heavy atom. The molecule has 0 aliphatic heterocycles. The Morgan fingerprint density at radius 1 is 1.47 bits per heavy atom. The van der Waals surface area contributed by atoms with Crippen molar-refractivity contribution in [3.63, 3.8) is 0 Å². The number of halogens is 1. The number of aliphatic hydroxyl groups excluding tert-OH is 1. The molecule has 0 bridgehead atoms. The molecule has 2 N–H and O–H groups in total. The van der Waals surface area contributed by atoms with Gasteiger partial charge >= 0.3 is 0 Å². The van der Waals surface area contributed by atoms with E-state index in [1.807, 2.05) is 0 Å². The molecule has 1 aromatic carbocycles. The van der Waals surface area contributed by atoms with Gasteiger partial charge in [0.15, 0.2) is 0 Å². The van der Waals surface area contributed by atoms with E-state index in [-0.39, 0.29) is 5.82 Å². The van der Waals surface area contributed by atoms with Crippen molar-refractivity contribution < 1.29 is 9.50 Å². The zero-order chi connectivity index (χ0) is 11.1. The van der Waals surface area contributed by atoms with Crippen LogP contribution in [-0.2, 0) is 0 Å². The van der Waals surface area contributed by atoms with Crippen LogP contribution < -0.4 is 5.32 Å². The van der Waals surface area contributed by atoms with Gasteiger partial charge in [0.05, 0.1) is 6.10 Å². The van der Waals surface area contributed by atoms with Gasteiger partial charge < -0.3 is 10.4 Å². The summed E-state index contributed by atoms with van der Waals surface area (Å²) in [6.45, 7) is 0.935. The second-order valence-electron chi connectivity index (χ2n) is 3.20. The van der Waals surface area contributed by atoms with Crippen molar-refractivity contribution in [3.05, 3.63) is 35.6 Å². The van der Waals surface area contributed by atoms with Gasteiger partial charge in [-0.1, -0.05) is 18.2 Å². The fraction of sp³-hybridized carbons (Fsp3) is 0.333. The fourth-order valence-electron chi connectivity index (χ4n) is 1.25. The first-order valence-corrected chi connectivity index (χ1v) is 4.82. The maximum Gasteiger partial charge on any atom is 0.129 e. The largest absolute Gasteiger partial charge is 0.387 e. The lowest BCUT2D eigenvalue weighted by molar-refractivity contribution is 0.170. The molecule has 0 heterocycles. The standard InChI is InChI=1S/C12H14FNO/c1-2-3-8-14-9-12(15)10-6-4-5-7-11(10)13/h1,4-7,12,14-15H,3,8-9H2. The average Bonchev–Trinajstić information content (AvgIpc) is 2.25. The molecule has 15 heavy (non-hydrogen) atoms. The molecule has 1 atom stereocenters. The number of hydrogen-bond acceptors (Lipinski definition) is 2. The highest BCUT2D eigenvalue weighted by Crippen LogP contribution is 2.15. The lowest BCUT2D eigenvalue weighted by Gasteiger charge is -2.12. The third-order valence-corrected chi connectivity index (χ3v) is 2.05. The molecular weight excluding hydrogens is 193 g/mol. The Bertz CT molecular complexity index is 346. The summed E-state index contributed by atoms with van der Waals surface area (Å²) in [7, 11) is 0. The first kappa shape index (κ1) is 11.7. The van der Waals surface area contributed by atoms with E-state index >= 15 is 0 Å². The van der Waals surface area contributed by atoms with Crippen molar-refractivity contribution in [3.8, 4) is 12.3 Å². The van der Waals surface area contributed by atoms with Gasteiger partial charge in [-0.05, 0) is 6.07 Å². The summed E-state index contributed by atoms with van der Waals surface area (Å²) in [6.07, 6.45) is 4.84. The lowest BCUT2D eigenvalue weighted by Crippen LogP contribution is -2.22. The summed E-state index contributed by atoms with van der Waals surface area (Å²) in [5.74, 6) is 2.09. The van der Waals surface area contributed by atoms with Crippen LogP contribution in [0.3, 0.4) is 0 Å². The van der Waals surface area contributed by atoms with Gasteiger partial charge in [0.2, 0.25) is 0 Å². The minimum atomic E-state index is -0.830. The number of aliphatic hydroxyl groups is 1. The number of hydrogen-bond donors (Lipinski definition) is 2. The first-order valence-electron chi connectivity index (χ1n) is 4.82. The van der Waals surface area contributed by atoms with Crippen molar-refractivity contribution >= 4 is 0 Å². The smallest absolute Gasteiger partial charge is 0.129 e. The van der Waals surface area contributed by atoms with Gasteiger partial charge in [-0.3, -0.25) is 0 Å².